The minimum Gasteiger partial charge on any atom is -0.493 e. The Morgan fingerprint density at radius 1 is 1.19 bits per heavy atom. The topological polar surface area (TPSA) is 86.8 Å². The van der Waals surface area contributed by atoms with E-state index in [1.54, 1.807) is 29.5 Å². The molecule has 0 fully saturated rings. The van der Waals surface area contributed by atoms with Gasteiger partial charge in [0.15, 0.2) is 18.1 Å². The summed E-state index contributed by atoms with van der Waals surface area (Å²) in [4.78, 5) is 29.3. The standard InChI is InChI=1S/C24H24N2O5S/c1-5-7-17-10-18(12-21(29-3)23(17)30-4)24(28)31-13-22(27)26-19-9-6-8-16(11-19)20-14-32-15(2)25-20/h5-6,8-12,14H,1,7,13H2,2-4H3,(H,26,27). The average molecular weight is 453 g/mol. The first-order valence-electron chi connectivity index (χ1n) is 9.80. The fourth-order valence-electron chi connectivity index (χ4n) is 3.13. The second-order valence-electron chi connectivity index (χ2n) is 6.82. The molecule has 0 aliphatic carbocycles. The third-order valence-corrected chi connectivity index (χ3v) is 5.32. The molecule has 1 heterocycles. The number of methoxy groups -OCH3 is 2. The van der Waals surface area contributed by atoms with E-state index < -0.39 is 18.5 Å². The predicted molar refractivity (Wildman–Crippen MR) is 125 cm³/mol. The van der Waals surface area contributed by atoms with E-state index in [4.69, 9.17) is 14.2 Å². The number of ether oxygens (including phenoxy) is 3. The van der Waals surface area contributed by atoms with Crippen molar-refractivity contribution < 1.29 is 23.8 Å². The fourth-order valence-corrected chi connectivity index (χ4v) is 3.75. The molecule has 0 saturated carbocycles. The SMILES string of the molecule is C=CCc1cc(C(=O)OCC(=O)Nc2cccc(-c3csc(C)n3)c2)cc(OC)c1OC. The van der Waals surface area contributed by atoms with Crippen LogP contribution in [-0.4, -0.2) is 37.7 Å². The number of hydrogen-bond acceptors (Lipinski definition) is 7. The Morgan fingerprint density at radius 2 is 2.00 bits per heavy atom. The van der Waals surface area contributed by atoms with Crippen molar-refractivity contribution in [2.45, 2.75) is 13.3 Å². The van der Waals surface area contributed by atoms with Gasteiger partial charge >= 0.3 is 5.97 Å². The Kier molecular flexibility index (Phi) is 7.62. The first kappa shape index (κ1) is 23.0. The lowest BCUT2D eigenvalue weighted by molar-refractivity contribution is -0.119. The normalized spacial score (nSPS) is 10.3. The number of carbonyl (C=O) groups excluding carboxylic acids is 2. The highest BCUT2D eigenvalue weighted by atomic mass is 32.1. The van der Waals surface area contributed by atoms with Gasteiger partial charge < -0.3 is 19.5 Å². The quantitative estimate of drug-likeness (QED) is 0.375. The molecule has 1 N–H and O–H groups in total. The van der Waals surface area contributed by atoms with E-state index in [9.17, 15) is 9.59 Å². The molecule has 0 aliphatic heterocycles. The number of carbonyl (C=O) groups is 2. The second kappa shape index (κ2) is 10.6. The van der Waals surface area contributed by atoms with Gasteiger partial charge in [0.1, 0.15) is 0 Å². The molecule has 7 nitrogen and oxygen atoms in total. The van der Waals surface area contributed by atoms with Gasteiger partial charge in [0.05, 0.1) is 30.5 Å². The van der Waals surface area contributed by atoms with Crippen LogP contribution in [0.3, 0.4) is 0 Å². The zero-order chi connectivity index (χ0) is 23.1. The third kappa shape index (κ3) is 5.53. The Hall–Kier alpha value is -3.65. The van der Waals surface area contributed by atoms with Gasteiger partial charge in [-0.15, -0.1) is 17.9 Å². The number of esters is 1. The van der Waals surface area contributed by atoms with Gasteiger partial charge in [0, 0.05) is 22.2 Å². The van der Waals surface area contributed by atoms with E-state index in [2.05, 4.69) is 16.9 Å². The number of hydrogen-bond donors (Lipinski definition) is 1. The number of amides is 1. The molecule has 2 aromatic carbocycles. The lowest BCUT2D eigenvalue weighted by atomic mass is 10.1. The highest BCUT2D eigenvalue weighted by Gasteiger charge is 2.17. The van der Waals surface area contributed by atoms with Gasteiger partial charge in [0.25, 0.3) is 5.91 Å². The molecule has 3 aromatic rings. The molecule has 0 spiro atoms. The van der Waals surface area contributed by atoms with Crippen LogP contribution in [0.15, 0.2) is 54.4 Å². The molecule has 0 unspecified atom stereocenters. The minimum atomic E-state index is -0.641. The van der Waals surface area contributed by atoms with Crippen LogP contribution in [0.2, 0.25) is 0 Å². The van der Waals surface area contributed by atoms with Crippen molar-refractivity contribution in [1.29, 1.82) is 0 Å². The van der Waals surface area contributed by atoms with Crippen molar-refractivity contribution >= 4 is 28.9 Å². The molecule has 8 heteroatoms. The van der Waals surface area contributed by atoms with Crippen LogP contribution < -0.4 is 14.8 Å². The van der Waals surface area contributed by atoms with Crippen LogP contribution >= 0.6 is 11.3 Å². The monoisotopic (exact) mass is 452 g/mol. The largest absolute Gasteiger partial charge is 0.493 e. The molecular formula is C24H24N2O5S. The van der Waals surface area contributed by atoms with Gasteiger partial charge in [-0.2, -0.15) is 0 Å². The highest BCUT2D eigenvalue weighted by molar-refractivity contribution is 7.09. The lowest BCUT2D eigenvalue weighted by Crippen LogP contribution is -2.21. The summed E-state index contributed by atoms with van der Waals surface area (Å²) in [5.74, 6) is -0.163. The van der Waals surface area contributed by atoms with E-state index in [0.717, 1.165) is 21.8 Å². The van der Waals surface area contributed by atoms with Gasteiger partial charge in [-0.05, 0) is 37.6 Å². The van der Waals surface area contributed by atoms with Crippen molar-refractivity contribution in [3.8, 4) is 22.8 Å². The van der Waals surface area contributed by atoms with Crippen LogP contribution in [0.1, 0.15) is 20.9 Å². The number of allylic oxidation sites excluding steroid dienone is 1. The van der Waals surface area contributed by atoms with Gasteiger partial charge in [-0.25, -0.2) is 9.78 Å². The number of anilines is 1. The van der Waals surface area contributed by atoms with Crippen LogP contribution in [0.25, 0.3) is 11.3 Å². The highest BCUT2D eigenvalue weighted by Crippen LogP contribution is 2.33. The first-order valence-corrected chi connectivity index (χ1v) is 10.7. The second-order valence-corrected chi connectivity index (χ2v) is 7.88. The summed E-state index contributed by atoms with van der Waals surface area (Å²) in [7, 11) is 3.01. The maximum atomic E-state index is 12.5. The molecule has 0 aliphatic rings. The Labute approximate surface area is 190 Å². The van der Waals surface area contributed by atoms with E-state index in [-0.39, 0.29) is 5.56 Å². The van der Waals surface area contributed by atoms with Crippen molar-refractivity contribution in [2.75, 3.05) is 26.1 Å². The zero-order valence-electron chi connectivity index (χ0n) is 18.1. The summed E-state index contributed by atoms with van der Waals surface area (Å²) >= 11 is 1.56. The summed E-state index contributed by atoms with van der Waals surface area (Å²) in [6, 6.07) is 10.5. The van der Waals surface area contributed by atoms with Gasteiger partial charge in [-0.1, -0.05) is 18.2 Å². The van der Waals surface area contributed by atoms with E-state index in [1.807, 2.05) is 30.5 Å². The van der Waals surface area contributed by atoms with Crippen LogP contribution in [0.5, 0.6) is 11.5 Å². The van der Waals surface area contributed by atoms with Gasteiger partial charge in [-0.3, -0.25) is 4.79 Å². The number of aromatic nitrogens is 1. The van der Waals surface area contributed by atoms with Crippen molar-refractivity contribution in [2.24, 2.45) is 0 Å². The van der Waals surface area contributed by atoms with Crippen molar-refractivity contribution in [3.05, 3.63) is 70.6 Å². The summed E-state index contributed by atoms with van der Waals surface area (Å²) in [5, 5.41) is 5.67. The molecule has 0 saturated heterocycles. The molecule has 0 bridgehead atoms. The zero-order valence-corrected chi connectivity index (χ0v) is 19.0. The number of benzene rings is 2. The van der Waals surface area contributed by atoms with Crippen molar-refractivity contribution in [3.63, 3.8) is 0 Å². The maximum absolute atomic E-state index is 12.5. The van der Waals surface area contributed by atoms with E-state index in [0.29, 0.717) is 23.6 Å². The number of rotatable bonds is 9. The summed E-state index contributed by atoms with van der Waals surface area (Å²) in [5.41, 5.74) is 3.32. The fraction of sp³-hybridized carbons (Fsp3) is 0.208. The minimum absolute atomic E-state index is 0.258. The number of nitrogens with zero attached hydrogens (tertiary/aromatic N) is 1. The van der Waals surface area contributed by atoms with Gasteiger partial charge in [0.2, 0.25) is 0 Å². The first-order chi connectivity index (χ1) is 15.4. The smallest absolute Gasteiger partial charge is 0.338 e. The molecule has 1 amide bonds. The molecular weight excluding hydrogens is 428 g/mol. The summed E-state index contributed by atoms with van der Waals surface area (Å²) < 4.78 is 15.9. The number of nitrogens with one attached hydrogen (secondary N) is 1. The lowest BCUT2D eigenvalue weighted by Gasteiger charge is -2.14. The van der Waals surface area contributed by atoms with Crippen LogP contribution in [0, 0.1) is 6.92 Å². The summed E-state index contributed by atoms with van der Waals surface area (Å²) in [6.07, 6.45) is 2.18. The van der Waals surface area contributed by atoms with Crippen LogP contribution in [0.4, 0.5) is 5.69 Å². The number of thiazole rings is 1. The molecule has 1 aromatic heterocycles. The maximum Gasteiger partial charge on any atom is 0.338 e. The van der Waals surface area contributed by atoms with Crippen molar-refractivity contribution in [1.82, 2.24) is 4.98 Å². The Balaban J connectivity index is 1.66. The Bertz CT molecular complexity index is 1140. The number of aryl methyl sites for hydroxylation is 1. The molecule has 0 atom stereocenters. The molecule has 166 valence electrons. The van der Waals surface area contributed by atoms with Crippen LogP contribution in [-0.2, 0) is 16.0 Å². The molecule has 32 heavy (non-hydrogen) atoms. The predicted octanol–water partition coefficient (Wildman–Crippen LogP) is 4.66. The van der Waals surface area contributed by atoms with E-state index >= 15 is 0 Å². The molecule has 0 radical (unpaired) electrons. The third-order valence-electron chi connectivity index (χ3n) is 4.55. The molecule has 3 rings (SSSR count). The van der Waals surface area contributed by atoms with E-state index in [1.165, 1.54) is 20.3 Å². The average Bonchev–Trinajstić information content (AvgIpc) is 3.23. The Morgan fingerprint density at radius 3 is 2.66 bits per heavy atom. The summed E-state index contributed by atoms with van der Waals surface area (Å²) in [6.45, 7) is 5.23.